The van der Waals surface area contributed by atoms with Crippen molar-refractivity contribution >= 4 is 18.0 Å². The van der Waals surface area contributed by atoms with Crippen LogP contribution < -0.4 is 0 Å². The van der Waals surface area contributed by atoms with Crippen LogP contribution in [0.25, 0.3) is 6.20 Å². The van der Waals surface area contributed by atoms with Crippen molar-refractivity contribution in [3.8, 4) is 0 Å². The molecule has 0 saturated carbocycles. The minimum Gasteiger partial charge on any atom is -0.311 e. The number of amides is 2. The van der Waals surface area contributed by atoms with Crippen LogP contribution in [-0.4, -0.2) is 26.3 Å². The molecule has 21 heavy (non-hydrogen) atoms. The molecule has 2 heterocycles. The van der Waals surface area contributed by atoms with Crippen molar-refractivity contribution in [2.24, 2.45) is 0 Å². The summed E-state index contributed by atoms with van der Waals surface area (Å²) in [6.07, 6.45) is 4.22. The second-order valence-corrected chi connectivity index (χ2v) is 4.83. The fraction of sp³-hybridized carbons (Fsp3) is 0.188. The molecule has 2 aromatic rings. The number of aryl methyl sites for hydroxylation is 1. The Morgan fingerprint density at radius 3 is 2.29 bits per heavy atom. The number of imidazole rings is 1. The van der Waals surface area contributed by atoms with Crippen molar-refractivity contribution in [2.75, 3.05) is 0 Å². The molecule has 5 nitrogen and oxygen atoms in total. The van der Waals surface area contributed by atoms with Gasteiger partial charge in [-0.2, -0.15) is 0 Å². The standard InChI is InChI=1S/C16H15N3O2/c1-3-14-17-11(9-18(14)4-2)10-19-15(20)12-7-5-6-8-13(12)16(19)21/h4-9H,2-3,10H2,1H3. The number of imide groups is 1. The summed E-state index contributed by atoms with van der Waals surface area (Å²) in [5.74, 6) is 0.334. The van der Waals surface area contributed by atoms with E-state index in [0.29, 0.717) is 16.8 Å². The molecule has 0 N–H and O–H groups in total. The van der Waals surface area contributed by atoms with Crippen LogP contribution in [0.5, 0.6) is 0 Å². The van der Waals surface area contributed by atoms with Crippen LogP contribution in [0, 0.1) is 0 Å². The predicted molar refractivity (Wildman–Crippen MR) is 78.6 cm³/mol. The van der Waals surface area contributed by atoms with E-state index in [1.165, 1.54) is 4.90 Å². The zero-order valence-corrected chi connectivity index (χ0v) is 11.7. The summed E-state index contributed by atoms with van der Waals surface area (Å²) in [5.41, 5.74) is 1.60. The molecule has 1 aliphatic heterocycles. The predicted octanol–water partition coefficient (Wildman–Crippen LogP) is 2.34. The Morgan fingerprint density at radius 2 is 1.81 bits per heavy atom. The number of nitrogens with zero attached hydrogens (tertiary/aromatic N) is 3. The molecule has 3 rings (SSSR count). The Bertz CT molecular complexity index is 711. The van der Waals surface area contributed by atoms with Crippen LogP contribution in [0.4, 0.5) is 0 Å². The normalized spacial score (nSPS) is 13.7. The highest BCUT2D eigenvalue weighted by Gasteiger charge is 2.35. The molecule has 0 bridgehead atoms. The molecule has 0 atom stereocenters. The largest absolute Gasteiger partial charge is 0.311 e. The lowest BCUT2D eigenvalue weighted by molar-refractivity contribution is 0.0640. The van der Waals surface area contributed by atoms with Crippen molar-refractivity contribution < 1.29 is 9.59 Å². The molecule has 1 aliphatic rings. The molecule has 1 aromatic heterocycles. The van der Waals surface area contributed by atoms with Gasteiger partial charge < -0.3 is 4.57 Å². The number of rotatable bonds is 4. The van der Waals surface area contributed by atoms with Gasteiger partial charge in [-0.05, 0) is 12.1 Å². The van der Waals surface area contributed by atoms with E-state index in [9.17, 15) is 9.59 Å². The second-order valence-electron chi connectivity index (χ2n) is 4.83. The summed E-state index contributed by atoms with van der Waals surface area (Å²) in [6.45, 7) is 5.90. The molecule has 106 valence electrons. The van der Waals surface area contributed by atoms with Crippen molar-refractivity contribution in [1.29, 1.82) is 0 Å². The topological polar surface area (TPSA) is 55.2 Å². The van der Waals surface area contributed by atoms with Gasteiger partial charge in [0.15, 0.2) is 0 Å². The fourth-order valence-corrected chi connectivity index (χ4v) is 2.53. The summed E-state index contributed by atoms with van der Waals surface area (Å²) in [4.78, 5) is 30.3. The van der Waals surface area contributed by atoms with Crippen molar-refractivity contribution in [3.63, 3.8) is 0 Å². The number of carbonyl (C=O) groups is 2. The maximum absolute atomic E-state index is 12.3. The van der Waals surface area contributed by atoms with Gasteiger partial charge in [0, 0.05) is 18.8 Å². The lowest BCUT2D eigenvalue weighted by Crippen LogP contribution is -2.29. The van der Waals surface area contributed by atoms with Crippen LogP contribution in [0.1, 0.15) is 39.2 Å². The Balaban J connectivity index is 1.90. The van der Waals surface area contributed by atoms with Crippen molar-refractivity contribution in [2.45, 2.75) is 19.9 Å². The van der Waals surface area contributed by atoms with Crippen LogP contribution in [0.2, 0.25) is 0 Å². The Morgan fingerprint density at radius 1 is 1.19 bits per heavy atom. The van der Waals surface area contributed by atoms with Crippen LogP contribution >= 0.6 is 0 Å². The first kappa shape index (κ1) is 13.3. The van der Waals surface area contributed by atoms with Crippen LogP contribution in [0.3, 0.4) is 0 Å². The Hall–Kier alpha value is -2.69. The molecular formula is C16H15N3O2. The van der Waals surface area contributed by atoms with Gasteiger partial charge in [0.05, 0.1) is 23.4 Å². The van der Waals surface area contributed by atoms with E-state index in [-0.39, 0.29) is 18.4 Å². The number of aromatic nitrogens is 2. The number of carbonyl (C=O) groups excluding carboxylic acids is 2. The lowest BCUT2D eigenvalue weighted by Gasteiger charge is -2.11. The smallest absolute Gasteiger partial charge is 0.261 e. The highest BCUT2D eigenvalue weighted by Crippen LogP contribution is 2.24. The highest BCUT2D eigenvalue weighted by atomic mass is 16.2. The number of benzene rings is 1. The second kappa shape index (κ2) is 5.01. The maximum atomic E-state index is 12.3. The van der Waals surface area contributed by atoms with E-state index in [1.54, 1.807) is 36.7 Å². The van der Waals surface area contributed by atoms with Gasteiger partial charge in [0.25, 0.3) is 11.8 Å². The molecule has 0 fully saturated rings. The van der Waals surface area contributed by atoms with Gasteiger partial charge in [-0.15, -0.1) is 0 Å². The summed E-state index contributed by atoms with van der Waals surface area (Å²) < 4.78 is 1.81. The fourth-order valence-electron chi connectivity index (χ4n) is 2.53. The summed E-state index contributed by atoms with van der Waals surface area (Å²) >= 11 is 0. The third kappa shape index (κ3) is 2.07. The SMILES string of the molecule is C=Cn1cc(CN2C(=O)c3ccccc3C2=O)nc1CC. The zero-order valence-electron chi connectivity index (χ0n) is 11.7. The molecule has 5 heteroatoms. The zero-order chi connectivity index (χ0) is 15.0. The third-order valence-electron chi connectivity index (χ3n) is 3.57. The highest BCUT2D eigenvalue weighted by molar-refractivity contribution is 6.21. The quantitative estimate of drug-likeness (QED) is 0.808. The van der Waals surface area contributed by atoms with Gasteiger partial charge in [-0.3, -0.25) is 14.5 Å². The minimum absolute atomic E-state index is 0.181. The maximum Gasteiger partial charge on any atom is 0.261 e. The molecule has 1 aromatic carbocycles. The number of hydrogen-bond acceptors (Lipinski definition) is 3. The van der Waals surface area contributed by atoms with Crippen molar-refractivity contribution in [1.82, 2.24) is 14.5 Å². The summed E-state index contributed by atoms with van der Waals surface area (Å²) in [6, 6.07) is 6.87. The minimum atomic E-state index is -0.262. The average Bonchev–Trinajstić information content (AvgIpc) is 3.02. The molecule has 0 unspecified atom stereocenters. The van der Waals surface area contributed by atoms with Gasteiger partial charge in [0.1, 0.15) is 5.82 Å². The monoisotopic (exact) mass is 281 g/mol. The Labute approximate surface area is 122 Å². The first-order chi connectivity index (χ1) is 10.2. The Kier molecular flexibility index (Phi) is 3.17. The van der Waals surface area contributed by atoms with E-state index < -0.39 is 0 Å². The molecular weight excluding hydrogens is 266 g/mol. The van der Waals surface area contributed by atoms with E-state index >= 15 is 0 Å². The van der Waals surface area contributed by atoms with E-state index in [1.807, 2.05) is 11.5 Å². The summed E-state index contributed by atoms with van der Waals surface area (Å²) in [5, 5.41) is 0. The molecule has 0 saturated heterocycles. The van der Waals surface area contributed by atoms with Crippen LogP contribution in [-0.2, 0) is 13.0 Å². The molecule has 2 amide bonds. The first-order valence-electron chi connectivity index (χ1n) is 6.80. The average molecular weight is 281 g/mol. The molecule has 0 aliphatic carbocycles. The van der Waals surface area contributed by atoms with E-state index in [0.717, 1.165) is 12.2 Å². The number of hydrogen-bond donors (Lipinski definition) is 0. The molecule has 0 radical (unpaired) electrons. The lowest BCUT2D eigenvalue weighted by atomic mass is 10.1. The van der Waals surface area contributed by atoms with Gasteiger partial charge in [-0.1, -0.05) is 25.6 Å². The first-order valence-corrected chi connectivity index (χ1v) is 6.80. The van der Waals surface area contributed by atoms with Gasteiger partial charge >= 0.3 is 0 Å². The summed E-state index contributed by atoms with van der Waals surface area (Å²) in [7, 11) is 0. The van der Waals surface area contributed by atoms with Crippen molar-refractivity contribution in [3.05, 3.63) is 59.7 Å². The third-order valence-corrected chi connectivity index (χ3v) is 3.57. The molecule has 0 spiro atoms. The number of fused-ring (bicyclic) bond motifs is 1. The van der Waals surface area contributed by atoms with Crippen LogP contribution in [0.15, 0.2) is 37.0 Å². The van der Waals surface area contributed by atoms with Gasteiger partial charge in [-0.25, -0.2) is 4.98 Å². The van der Waals surface area contributed by atoms with E-state index in [4.69, 9.17) is 0 Å². The van der Waals surface area contributed by atoms with Gasteiger partial charge in [0.2, 0.25) is 0 Å². The van der Waals surface area contributed by atoms with E-state index in [2.05, 4.69) is 11.6 Å².